The predicted octanol–water partition coefficient (Wildman–Crippen LogP) is 2.30. The van der Waals surface area contributed by atoms with Crippen molar-refractivity contribution < 1.29 is 41.0 Å². The monoisotopic (exact) mass is 287 g/mol. The van der Waals surface area contributed by atoms with E-state index < -0.39 is 46.8 Å². The van der Waals surface area contributed by atoms with Crippen molar-refractivity contribution in [3.63, 3.8) is 0 Å². The summed E-state index contributed by atoms with van der Waals surface area (Å²) in [4.78, 5) is 21.1. The Balaban J connectivity index is 3.39. The van der Waals surface area contributed by atoms with Gasteiger partial charge in [-0.3, -0.25) is 4.79 Å². The lowest BCUT2D eigenvalue weighted by molar-refractivity contribution is -0.167. The van der Waals surface area contributed by atoms with Crippen molar-refractivity contribution in [3.8, 4) is 0 Å². The molecule has 0 aliphatic rings. The maximum atomic E-state index is 13.1. The summed E-state index contributed by atoms with van der Waals surface area (Å²) < 4.78 is 74.8. The Bertz CT molecular complexity index is 554. The Morgan fingerprint density at radius 3 is 2.05 bits per heavy atom. The van der Waals surface area contributed by atoms with Gasteiger partial charge < -0.3 is 10.4 Å². The summed E-state index contributed by atoms with van der Waals surface area (Å²) >= 11 is 0. The van der Waals surface area contributed by atoms with Gasteiger partial charge in [0.15, 0.2) is 17.5 Å². The molecule has 2 N–H and O–H groups in total. The molecule has 4 nitrogen and oxygen atoms in total. The Morgan fingerprint density at radius 1 is 1.11 bits per heavy atom. The number of anilines is 1. The number of hydrogen-bond donors (Lipinski definition) is 2. The van der Waals surface area contributed by atoms with E-state index in [2.05, 4.69) is 0 Å². The molecule has 0 unspecified atom stereocenters. The minimum absolute atomic E-state index is 0.187. The highest BCUT2D eigenvalue weighted by molar-refractivity contribution is 6.02. The van der Waals surface area contributed by atoms with E-state index in [0.29, 0.717) is 0 Å². The minimum Gasteiger partial charge on any atom is -0.478 e. The molecule has 1 aromatic carbocycles. The van der Waals surface area contributed by atoms with Crippen molar-refractivity contribution in [2.24, 2.45) is 0 Å². The second-order valence-corrected chi connectivity index (χ2v) is 3.16. The average molecular weight is 287 g/mol. The van der Waals surface area contributed by atoms with Gasteiger partial charge in [0.05, 0.1) is 5.69 Å². The molecule has 0 aromatic heterocycles. The van der Waals surface area contributed by atoms with Crippen LogP contribution in [0.2, 0.25) is 0 Å². The van der Waals surface area contributed by atoms with E-state index in [4.69, 9.17) is 5.11 Å². The predicted molar refractivity (Wildman–Crippen MR) is 48.0 cm³/mol. The number of carboxylic acid groups (broad SMARTS) is 1. The number of carbonyl (C=O) groups excluding carboxylic acids is 1. The van der Waals surface area contributed by atoms with Gasteiger partial charge in [-0.15, -0.1) is 0 Å². The zero-order valence-corrected chi connectivity index (χ0v) is 8.61. The van der Waals surface area contributed by atoms with Crippen LogP contribution in [-0.4, -0.2) is 23.2 Å². The Kier molecular flexibility index (Phi) is 3.73. The van der Waals surface area contributed by atoms with Crippen LogP contribution in [0.3, 0.4) is 0 Å². The highest BCUT2D eigenvalue weighted by Crippen LogP contribution is 2.27. The quantitative estimate of drug-likeness (QED) is 0.648. The number of halogens is 6. The summed E-state index contributed by atoms with van der Waals surface area (Å²) in [7, 11) is 0. The number of amides is 1. The second-order valence-electron chi connectivity index (χ2n) is 3.16. The number of benzene rings is 1. The highest BCUT2D eigenvalue weighted by atomic mass is 19.4. The van der Waals surface area contributed by atoms with Crippen LogP contribution in [0, 0.1) is 17.5 Å². The molecule has 104 valence electrons. The van der Waals surface area contributed by atoms with Crippen molar-refractivity contribution in [1.29, 1.82) is 0 Å². The van der Waals surface area contributed by atoms with E-state index >= 15 is 0 Å². The number of aromatic carboxylic acids is 1. The van der Waals surface area contributed by atoms with Gasteiger partial charge in [0.25, 0.3) is 0 Å². The molecule has 0 atom stereocenters. The standard InChI is InChI=1S/C9H3F6NO3/c10-2-1-3(11)6(4(5(2)12)7(17)18)16-8(19)9(13,14)15/h1H,(H,16,19)(H,17,18). The van der Waals surface area contributed by atoms with Gasteiger partial charge >= 0.3 is 18.1 Å². The maximum Gasteiger partial charge on any atom is 0.471 e. The van der Waals surface area contributed by atoms with Gasteiger partial charge in [0.1, 0.15) is 5.56 Å². The number of hydrogen-bond acceptors (Lipinski definition) is 2. The number of rotatable bonds is 2. The fourth-order valence-electron chi connectivity index (χ4n) is 1.10. The van der Waals surface area contributed by atoms with E-state index in [9.17, 15) is 35.9 Å². The minimum atomic E-state index is -5.45. The molecular formula is C9H3F6NO3. The third kappa shape index (κ3) is 2.95. The van der Waals surface area contributed by atoms with Crippen LogP contribution < -0.4 is 5.32 Å². The van der Waals surface area contributed by atoms with E-state index in [0.717, 1.165) is 5.32 Å². The van der Waals surface area contributed by atoms with Crippen LogP contribution >= 0.6 is 0 Å². The number of carbonyl (C=O) groups is 2. The molecule has 0 aliphatic heterocycles. The Hall–Kier alpha value is -2.26. The van der Waals surface area contributed by atoms with Gasteiger partial charge in [0, 0.05) is 6.07 Å². The molecule has 0 saturated heterocycles. The molecule has 1 amide bonds. The molecular weight excluding hydrogens is 284 g/mol. The second kappa shape index (κ2) is 4.78. The normalized spacial score (nSPS) is 11.3. The van der Waals surface area contributed by atoms with Crippen molar-refractivity contribution in [1.82, 2.24) is 0 Å². The molecule has 0 spiro atoms. The summed E-state index contributed by atoms with van der Waals surface area (Å²) in [6, 6.07) is -0.187. The molecule has 1 aromatic rings. The first kappa shape index (κ1) is 14.8. The van der Waals surface area contributed by atoms with Gasteiger partial charge in [-0.05, 0) is 0 Å². The van der Waals surface area contributed by atoms with Gasteiger partial charge in [0.2, 0.25) is 0 Å². The molecule has 0 heterocycles. The lowest BCUT2D eigenvalue weighted by Gasteiger charge is -2.12. The largest absolute Gasteiger partial charge is 0.478 e. The fourth-order valence-corrected chi connectivity index (χ4v) is 1.10. The molecule has 0 aliphatic carbocycles. The van der Waals surface area contributed by atoms with Gasteiger partial charge in [-0.1, -0.05) is 0 Å². The molecule has 10 heteroatoms. The molecule has 19 heavy (non-hydrogen) atoms. The van der Waals surface area contributed by atoms with Gasteiger partial charge in [-0.25, -0.2) is 18.0 Å². The highest BCUT2D eigenvalue weighted by Gasteiger charge is 2.40. The fraction of sp³-hybridized carbons (Fsp3) is 0.111. The lowest BCUT2D eigenvalue weighted by atomic mass is 10.1. The first-order valence-corrected chi connectivity index (χ1v) is 4.34. The third-order valence-electron chi connectivity index (χ3n) is 1.88. The summed E-state index contributed by atoms with van der Waals surface area (Å²) in [5.74, 6) is -10.8. The summed E-state index contributed by atoms with van der Waals surface area (Å²) in [6.45, 7) is 0. The Morgan fingerprint density at radius 2 is 1.63 bits per heavy atom. The van der Waals surface area contributed by atoms with E-state index in [-0.39, 0.29) is 6.07 Å². The van der Waals surface area contributed by atoms with E-state index in [1.165, 1.54) is 0 Å². The first-order chi connectivity index (χ1) is 8.55. The molecule has 0 saturated carbocycles. The summed E-state index contributed by atoms with van der Waals surface area (Å²) in [6.07, 6.45) is -5.45. The van der Waals surface area contributed by atoms with Crippen molar-refractivity contribution in [3.05, 3.63) is 29.1 Å². The van der Waals surface area contributed by atoms with Crippen LogP contribution in [0.1, 0.15) is 10.4 Å². The first-order valence-electron chi connectivity index (χ1n) is 4.34. The third-order valence-corrected chi connectivity index (χ3v) is 1.88. The molecule has 0 bridgehead atoms. The summed E-state index contributed by atoms with van der Waals surface area (Å²) in [5.41, 5.74) is -3.34. The molecule has 0 fully saturated rings. The lowest BCUT2D eigenvalue weighted by Crippen LogP contribution is -2.31. The number of carboxylic acids is 1. The maximum absolute atomic E-state index is 13.1. The van der Waals surface area contributed by atoms with Crippen LogP contribution in [0.25, 0.3) is 0 Å². The van der Waals surface area contributed by atoms with Crippen molar-refractivity contribution >= 4 is 17.6 Å². The number of alkyl halides is 3. The van der Waals surface area contributed by atoms with Crippen LogP contribution in [0.4, 0.5) is 32.0 Å². The van der Waals surface area contributed by atoms with E-state index in [1.54, 1.807) is 0 Å². The zero-order valence-electron chi connectivity index (χ0n) is 8.61. The van der Waals surface area contributed by atoms with Crippen LogP contribution in [0.5, 0.6) is 0 Å². The van der Waals surface area contributed by atoms with E-state index in [1.807, 2.05) is 0 Å². The summed E-state index contributed by atoms with van der Waals surface area (Å²) in [5, 5.41) is 9.35. The Labute approximate surface area is 100 Å². The SMILES string of the molecule is O=C(O)c1c(F)c(F)cc(F)c1NC(=O)C(F)(F)F. The molecule has 0 radical (unpaired) electrons. The number of nitrogens with one attached hydrogen (secondary N) is 1. The van der Waals surface area contributed by atoms with Crippen LogP contribution in [0.15, 0.2) is 6.07 Å². The molecule has 1 rings (SSSR count). The average Bonchev–Trinajstić information content (AvgIpc) is 2.23. The van der Waals surface area contributed by atoms with Gasteiger partial charge in [-0.2, -0.15) is 13.2 Å². The topological polar surface area (TPSA) is 66.4 Å². The van der Waals surface area contributed by atoms with Crippen molar-refractivity contribution in [2.45, 2.75) is 6.18 Å². The zero-order chi connectivity index (χ0) is 15.0. The smallest absolute Gasteiger partial charge is 0.471 e. The van der Waals surface area contributed by atoms with Crippen LogP contribution in [-0.2, 0) is 4.79 Å². The van der Waals surface area contributed by atoms with Crippen molar-refractivity contribution in [2.75, 3.05) is 5.32 Å².